The predicted molar refractivity (Wildman–Crippen MR) is 428 cm³/mol. The van der Waals surface area contributed by atoms with Crippen molar-refractivity contribution in [3.05, 3.63) is 191 Å². The molecule has 0 radical (unpaired) electrons. The highest BCUT2D eigenvalue weighted by atomic mass is 35.5. The zero-order valence-corrected chi connectivity index (χ0v) is 66.7. The van der Waals surface area contributed by atoms with Crippen molar-refractivity contribution in [1.29, 1.82) is 0 Å². The van der Waals surface area contributed by atoms with Crippen LogP contribution < -0.4 is 30.5 Å². The summed E-state index contributed by atoms with van der Waals surface area (Å²) in [6.45, 7) is 18.0. The standard InChI is InChI=1S/C80H96ClFN12O12S4/c1-54(2)93-56(4)77(109(6,100)101)75(76(93)58-19-21-60(81)22-20-58)59-47-61(82)49-67(48-59)91-40-38-90(39-41-91)66-25-23-63(24-26-66)87-110(102,103)69-27-28-71(73(50-69)108(5,98)99)85-64(53-107-68-15-8-7-9-16-68)32-37-89-35-30-62(31-36-89)83-33-12-34-92-51-65(86-88-92)52-106-46-45-105-44-43-104-42-11-14-57-13-10-17-70-74(57)80(97)94(79(70)96)72-29-18-55(3)84-78(72)95/h7-10,13,15-17,19-28,47-51,54,62,64,72,83,85,87H,3,11-12,14,18,29-46,52-53H2,1-2,4-6H3,(H,84,95)/t64-,72?/m1/s1. The van der Waals surface area contributed by atoms with Gasteiger partial charge in [-0.05, 0) is 199 Å². The molecule has 8 aromatic rings. The van der Waals surface area contributed by atoms with Gasteiger partial charge in [0, 0.05) is 126 Å². The normalized spacial score (nSPS) is 16.5. The summed E-state index contributed by atoms with van der Waals surface area (Å²) in [5.74, 6) is -1.15. The van der Waals surface area contributed by atoms with Crippen LogP contribution >= 0.6 is 23.4 Å². The van der Waals surface area contributed by atoms with E-state index in [-0.39, 0.29) is 32.5 Å². The summed E-state index contributed by atoms with van der Waals surface area (Å²) in [7, 11) is -12.0. The number of allylic oxidation sites excluding steroid dienone is 1. The van der Waals surface area contributed by atoms with Crippen molar-refractivity contribution in [1.82, 2.24) is 40.0 Å². The van der Waals surface area contributed by atoms with E-state index in [1.807, 2.05) is 96.0 Å². The Morgan fingerprint density at radius 2 is 1.42 bits per heavy atom. The fourth-order valence-corrected chi connectivity index (χ4v) is 19.2. The molecule has 24 nitrogen and oxygen atoms in total. The highest BCUT2D eigenvalue weighted by Crippen LogP contribution is 2.45. The molecule has 0 saturated carbocycles. The second-order valence-electron chi connectivity index (χ2n) is 28.6. The quantitative estimate of drug-likeness (QED) is 0.0161. The van der Waals surface area contributed by atoms with Crippen LogP contribution in [-0.2, 0) is 68.3 Å². The average Bonchev–Trinajstić information content (AvgIpc) is 1.58. The molecule has 6 aromatic carbocycles. The van der Waals surface area contributed by atoms with Gasteiger partial charge >= 0.3 is 0 Å². The Hall–Kier alpha value is -8.49. The van der Waals surface area contributed by atoms with E-state index in [9.17, 15) is 39.6 Å². The lowest BCUT2D eigenvalue weighted by Gasteiger charge is -2.37. The number of likely N-dealkylation sites (tertiary alicyclic amines) is 1. The molecule has 3 amide bonds. The number of sulfone groups is 2. The van der Waals surface area contributed by atoms with E-state index in [0.29, 0.717) is 172 Å². The zero-order valence-electron chi connectivity index (χ0n) is 62.6. The third-order valence-corrected chi connectivity index (χ3v) is 25.5. The molecule has 1 unspecified atom stereocenters. The summed E-state index contributed by atoms with van der Waals surface area (Å²) in [6, 6.07) is 37.5. The first-order valence-corrected chi connectivity index (χ1v) is 43.9. The van der Waals surface area contributed by atoms with Gasteiger partial charge in [0.15, 0.2) is 19.7 Å². The molecule has 6 heterocycles. The molecule has 30 heteroatoms. The number of sulfonamides is 1. The van der Waals surface area contributed by atoms with Crippen LogP contribution in [0.1, 0.15) is 103 Å². The summed E-state index contributed by atoms with van der Waals surface area (Å²) in [5.41, 5.74) is 7.62. The van der Waals surface area contributed by atoms with Crippen LogP contribution in [0.15, 0.2) is 172 Å². The minimum absolute atomic E-state index is 0.123. The van der Waals surface area contributed by atoms with Gasteiger partial charge in [0.1, 0.15) is 17.6 Å². The van der Waals surface area contributed by atoms with Crippen molar-refractivity contribution < 1.29 is 58.2 Å². The Morgan fingerprint density at radius 1 is 0.718 bits per heavy atom. The lowest BCUT2D eigenvalue weighted by atomic mass is 9.99. The number of amides is 3. The summed E-state index contributed by atoms with van der Waals surface area (Å²) < 4.78 is 122. The van der Waals surface area contributed by atoms with Crippen molar-refractivity contribution >= 4 is 93.5 Å². The molecule has 3 fully saturated rings. The molecule has 4 aliphatic rings. The largest absolute Gasteiger partial charge is 0.380 e. The number of ether oxygens (including phenoxy) is 3. The minimum atomic E-state index is -4.27. The Labute approximate surface area is 653 Å². The Kier molecular flexibility index (Phi) is 26.8. The monoisotopic (exact) mass is 1600 g/mol. The molecule has 0 aliphatic carbocycles. The number of carbonyl (C=O) groups excluding carboxylic acids is 3. The molecule has 3 saturated heterocycles. The predicted octanol–water partition coefficient (Wildman–Crippen LogP) is 11.7. The number of nitrogens with one attached hydrogen (secondary N) is 4. The van der Waals surface area contributed by atoms with E-state index < -0.39 is 59.3 Å². The van der Waals surface area contributed by atoms with Crippen molar-refractivity contribution in [2.75, 3.05) is 123 Å². The van der Waals surface area contributed by atoms with Gasteiger partial charge in [-0.25, -0.2) is 29.6 Å². The molecule has 586 valence electrons. The first kappa shape index (κ1) is 81.0. The number of piperazine rings is 1. The fraction of sp³-hybridized carbons (Fsp3) is 0.412. The topological polar surface area (TPSA) is 278 Å². The maximum atomic E-state index is 15.9. The second-order valence-corrected chi connectivity index (χ2v) is 35.8. The Morgan fingerprint density at radius 3 is 2.11 bits per heavy atom. The SMILES string of the molecule is C=C1CCC(N2C(=O)c3cccc(CCCOCCOCCOCc4cn(CCCNC5CCN(CC[C@H](CSc6ccccc6)Nc6ccc(S(=O)(=O)Nc7ccc(N8CCN(c9cc(F)cc(-c%10c(S(C)(=O)=O)c(C)n(C(C)C)c%10-c%10ccc(Cl)cc%10)c9)CC8)cc7)cc6S(C)(=O)=O)CC5)nn4)c3C2=O)C(=O)N1. The van der Waals surface area contributed by atoms with Crippen LogP contribution in [0.25, 0.3) is 22.4 Å². The molecule has 4 N–H and O–H groups in total. The van der Waals surface area contributed by atoms with Crippen LogP contribution in [0, 0.1) is 12.7 Å². The second kappa shape index (κ2) is 36.3. The number of aryl methyl sites for hydroxylation is 2. The molecular formula is C80H96ClFN12O12S4. The van der Waals surface area contributed by atoms with Gasteiger partial charge in [0.2, 0.25) is 5.91 Å². The highest BCUT2D eigenvalue weighted by molar-refractivity contribution is 7.99. The van der Waals surface area contributed by atoms with Gasteiger partial charge in [-0.1, -0.05) is 65.9 Å². The maximum Gasteiger partial charge on any atom is 0.262 e. The van der Waals surface area contributed by atoms with Crippen LogP contribution in [0.4, 0.5) is 27.1 Å². The number of carbonyl (C=O) groups is 3. The number of fused-ring (bicyclic) bond motifs is 1. The van der Waals surface area contributed by atoms with Crippen molar-refractivity contribution in [2.45, 2.75) is 129 Å². The molecule has 2 aromatic heterocycles. The van der Waals surface area contributed by atoms with Gasteiger partial charge in [0.25, 0.3) is 21.8 Å². The maximum absolute atomic E-state index is 15.9. The number of halogens is 2. The van der Waals surface area contributed by atoms with E-state index >= 15 is 4.39 Å². The van der Waals surface area contributed by atoms with Crippen LogP contribution in [0.2, 0.25) is 5.02 Å². The van der Waals surface area contributed by atoms with Crippen LogP contribution in [0.5, 0.6) is 0 Å². The van der Waals surface area contributed by atoms with Gasteiger partial charge in [-0.15, -0.1) is 16.9 Å². The minimum Gasteiger partial charge on any atom is -0.380 e. The number of hydrogen-bond acceptors (Lipinski definition) is 20. The van der Waals surface area contributed by atoms with E-state index in [1.165, 1.54) is 36.6 Å². The molecule has 0 spiro atoms. The smallest absolute Gasteiger partial charge is 0.262 e. The number of imide groups is 1. The van der Waals surface area contributed by atoms with Crippen molar-refractivity contribution in [2.24, 2.45) is 0 Å². The van der Waals surface area contributed by atoms with Crippen LogP contribution in [-0.4, -0.2) is 194 Å². The third-order valence-electron chi connectivity index (χ3n) is 20.3. The molecule has 4 aliphatic heterocycles. The summed E-state index contributed by atoms with van der Waals surface area (Å²) in [5, 5.41) is 19.0. The summed E-state index contributed by atoms with van der Waals surface area (Å²) >= 11 is 7.96. The first-order chi connectivity index (χ1) is 52.8. The van der Waals surface area contributed by atoms with Gasteiger partial charge in [-0.2, -0.15) is 0 Å². The number of thioether (sulfide) groups is 1. The molecule has 110 heavy (non-hydrogen) atoms. The van der Waals surface area contributed by atoms with E-state index in [1.54, 1.807) is 55.1 Å². The molecule has 12 rings (SSSR count). The number of anilines is 4. The van der Waals surface area contributed by atoms with Crippen molar-refractivity contribution in [3.8, 4) is 22.4 Å². The number of aromatic nitrogens is 4. The number of hydrogen-bond donors (Lipinski definition) is 4. The van der Waals surface area contributed by atoms with E-state index in [4.69, 9.17) is 25.8 Å². The average molecular weight is 1600 g/mol. The molecule has 0 bridgehead atoms. The number of nitrogens with zero attached hydrogens (tertiary/aromatic N) is 8. The lowest BCUT2D eigenvalue weighted by Crippen LogP contribution is -2.51. The Balaban J connectivity index is 0.561. The van der Waals surface area contributed by atoms with Gasteiger partial charge < -0.3 is 49.4 Å². The van der Waals surface area contributed by atoms with E-state index in [0.717, 1.165) is 84.0 Å². The highest BCUT2D eigenvalue weighted by Gasteiger charge is 2.45. The molecule has 2 atom stereocenters. The summed E-state index contributed by atoms with van der Waals surface area (Å²) in [6.07, 6.45) is 9.69. The van der Waals surface area contributed by atoms with E-state index in [2.05, 4.69) is 52.3 Å². The fourth-order valence-electron chi connectivity index (χ4n) is 14.9. The number of benzene rings is 6. The lowest BCUT2D eigenvalue weighted by molar-refractivity contribution is -0.125. The van der Waals surface area contributed by atoms with Crippen LogP contribution in [0.3, 0.4) is 0 Å². The summed E-state index contributed by atoms with van der Waals surface area (Å²) in [4.78, 5) is 47.9. The first-order valence-electron chi connectivity index (χ1n) is 37.3. The van der Waals surface area contributed by atoms with Gasteiger partial charge in [-0.3, -0.25) is 28.7 Å². The third kappa shape index (κ3) is 20.2. The number of rotatable bonds is 36. The number of piperidine rings is 2. The molecular weight excluding hydrogens is 1500 g/mol. The zero-order chi connectivity index (χ0) is 77.9. The Bertz CT molecular complexity index is 4960. The van der Waals surface area contributed by atoms with Crippen molar-refractivity contribution in [3.63, 3.8) is 0 Å². The van der Waals surface area contributed by atoms with Gasteiger partial charge in [0.05, 0.1) is 76.4 Å².